The number of aliphatic hydroxyl groups is 1. The molecular formula is C12H17NO5S2. The lowest BCUT2D eigenvalue weighted by atomic mass is 10.1. The smallest absolute Gasteiger partial charge is 0.213 e. The molecule has 0 unspecified atom stereocenters. The third-order valence-corrected chi connectivity index (χ3v) is 5.79. The van der Waals surface area contributed by atoms with Crippen molar-refractivity contribution in [3.8, 4) is 0 Å². The number of sulfonamides is 1. The minimum Gasteiger partial charge on any atom is -0.391 e. The number of rotatable bonds is 5. The van der Waals surface area contributed by atoms with E-state index in [1.807, 2.05) is 12.1 Å². The van der Waals surface area contributed by atoms with Gasteiger partial charge in [-0.05, 0) is 11.1 Å². The molecule has 0 bridgehead atoms. The van der Waals surface area contributed by atoms with Gasteiger partial charge < -0.3 is 5.11 Å². The van der Waals surface area contributed by atoms with Gasteiger partial charge >= 0.3 is 0 Å². The zero-order chi connectivity index (χ0) is 15.0. The summed E-state index contributed by atoms with van der Waals surface area (Å²) in [5, 5.41) is 9.96. The first kappa shape index (κ1) is 15.4. The highest BCUT2D eigenvalue weighted by Crippen LogP contribution is 2.31. The van der Waals surface area contributed by atoms with Crippen LogP contribution >= 0.6 is 0 Å². The van der Waals surface area contributed by atoms with Gasteiger partial charge in [-0.2, -0.15) is 0 Å². The molecule has 0 amide bonds. The van der Waals surface area contributed by atoms with Crippen molar-refractivity contribution < 1.29 is 21.9 Å². The molecule has 1 aromatic rings. The Kier molecular flexibility index (Phi) is 4.19. The van der Waals surface area contributed by atoms with E-state index in [2.05, 4.69) is 4.72 Å². The van der Waals surface area contributed by atoms with E-state index in [-0.39, 0.29) is 0 Å². The Hall–Kier alpha value is -0.960. The number of hydrogen-bond donors (Lipinski definition) is 2. The average molecular weight is 319 g/mol. The molecule has 0 spiro atoms. The van der Waals surface area contributed by atoms with Crippen molar-refractivity contribution in [2.24, 2.45) is 0 Å². The lowest BCUT2D eigenvalue weighted by Crippen LogP contribution is -2.36. The van der Waals surface area contributed by atoms with Gasteiger partial charge in [-0.25, -0.2) is 21.6 Å². The lowest BCUT2D eigenvalue weighted by molar-refractivity contribution is 0.151. The summed E-state index contributed by atoms with van der Waals surface area (Å²) in [4.78, 5) is 0. The van der Waals surface area contributed by atoms with Crippen LogP contribution in [0.15, 0.2) is 24.3 Å². The largest absolute Gasteiger partial charge is 0.391 e. The molecule has 1 aromatic carbocycles. The van der Waals surface area contributed by atoms with E-state index >= 15 is 0 Å². The van der Waals surface area contributed by atoms with Gasteiger partial charge in [0.1, 0.15) is 9.84 Å². The van der Waals surface area contributed by atoms with Crippen molar-refractivity contribution in [3.63, 3.8) is 0 Å². The molecule has 1 aliphatic carbocycles. The molecule has 0 aliphatic heterocycles. The van der Waals surface area contributed by atoms with E-state index in [9.17, 15) is 21.9 Å². The fourth-order valence-corrected chi connectivity index (χ4v) is 5.11. The highest BCUT2D eigenvalue weighted by molar-refractivity contribution is 7.93. The molecule has 2 atom stereocenters. The van der Waals surface area contributed by atoms with Crippen molar-refractivity contribution in [2.45, 2.75) is 18.6 Å². The number of sulfone groups is 1. The van der Waals surface area contributed by atoms with E-state index in [0.717, 1.165) is 17.4 Å². The molecule has 8 heteroatoms. The Labute approximate surface area is 118 Å². The molecule has 0 aromatic heterocycles. The molecule has 0 saturated carbocycles. The normalized spacial score (nSPS) is 22.7. The van der Waals surface area contributed by atoms with Gasteiger partial charge in [0.2, 0.25) is 10.0 Å². The molecule has 112 valence electrons. The van der Waals surface area contributed by atoms with Crippen molar-refractivity contribution in [1.29, 1.82) is 0 Å². The maximum absolute atomic E-state index is 11.9. The Balaban J connectivity index is 2.14. The molecule has 2 rings (SSSR count). The van der Waals surface area contributed by atoms with Gasteiger partial charge in [0.25, 0.3) is 0 Å². The first-order chi connectivity index (χ1) is 9.18. The van der Waals surface area contributed by atoms with Crippen LogP contribution in [0.25, 0.3) is 0 Å². The Bertz CT molecular complexity index is 696. The van der Waals surface area contributed by atoms with Gasteiger partial charge in [0, 0.05) is 12.7 Å². The Morgan fingerprint density at radius 1 is 1.20 bits per heavy atom. The first-order valence-electron chi connectivity index (χ1n) is 6.11. The fraction of sp³-hybridized carbons (Fsp3) is 0.500. The average Bonchev–Trinajstić information content (AvgIpc) is 2.63. The molecule has 0 fully saturated rings. The predicted octanol–water partition coefficient (Wildman–Crippen LogP) is -0.391. The van der Waals surface area contributed by atoms with Crippen molar-refractivity contribution in [2.75, 3.05) is 17.8 Å². The Morgan fingerprint density at radius 2 is 1.85 bits per heavy atom. The quantitative estimate of drug-likeness (QED) is 0.770. The Morgan fingerprint density at radius 3 is 2.50 bits per heavy atom. The summed E-state index contributed by atoms with van der Waals surface area (Å²) < 4.78 is 48.3. The van der Waals surface area contributed by atoms with Gasteiger partial charge in [0.15, 0.2) is 0 Å². The lowest BCUT2D eigenvalue weighted by Gasteiger charge is -2.17. The molecule has 2 N–H and O–H groups in total. The maximum atomic E-state index is 11.9. The predicted molar refractivity (Wildman–Crippen MR) is 75.5 cm³/mol. The minimum atomic E-state index is -3.76. The summed E-state index contributed by atoms with van der Waals surface area (Å²) >= 11 is 0. The van der Waals surface area contributed by atoms with Crippen LogP contribution in [0.3, 0.4) is 0 Å². The number of fused-ring (bicyclic) bond motifs is 1. The van der Waals surface area contributed by atoms with Crippen molar-refractivity contribution in [1.82, 2.24) is 4.72 Å². The van der Waals surface area contributed by atoms with Crippen LogP contribution in [0.2, 0.25) is 0 Å². The topological polar surface area (TPSA) is 101 Å². The zero-order valence-corrected chi connectivity index (χ0v) is 12.6. The second-order valence-corrected chi connectivity index (χ2v) is 9.15. The van der Waals surface area contributed by atoms with Crippen molar-refractivity contribution >= 4 is 19.9 Å². The van der Waals surface area contributed by atoms with E-state index in [0.29, 0.717) is 6.42 Å². The molecule has 1 aliphatic rings. The summed E-state index contributed by atoms with van der Waals surface area (Å²) in [6, 6.07) is 6.48. The van der Waals surface area contributed by atoms with Gasteiger partial charge in [0.05, 0.1) is 23.7 Å². The second kappa shape index (κ2) is 5.44. The highest BCUT2D eigenvalue weighted by atomic mass is 32.2. The van der Waals surface area contributed by atoms with Crippen LogP contribution in [0, 0.1) is 0 Å². The van der Waals surface area contributed by atoms with Crippen LogP contribution < -0.4 is 4.72 Å². The maximum Gasteiger partial charge on any atom is 0.213 e. The van der Waals surface area contributed by atoms with Crippen LogP contribution in [0.5, 0.6) is 0 Å². The van der Waals surface area contributed by atoms with Crippen LogP contribution in [-0.2, 0) is 26.3 Å². The standard InChI is InChI=1S/C12H17NO5S2/c1-19(15,16)6-7-20(17,18)13-12-10-5-3-2-4-9(10)8-11(12)14/h2-5,11-14H,6-8H2,1H3/t11-,12+/m0/s1. The van der Waals surface area contributed by atoms with E-state index in [4.69, 9.17) is 0 Å². The molecule has 0 radical (unpaired) electrons. The molecule has 6 nitrogen and oxygen atoms in total. The monoisotopic (exact) mass is 319 g/mol. The zero-order valence-electron chi connectivity index (χ0n) is 11.0. The molecule has 0 saturated heterocycles. The van der Waals surface area contributed by atoms with Crippen LogP contribution in [0.4, 0.5) is 0 Å². The van der Waals surface area contributed by atoms with Crippen molar-refractivity contribution in [3.05, 3.63) is 35.4 Å². The molecule has 0 heterocycles. The number of aliphatic hydroxyl groups excluding tert-OH is 1. The fourth-order valence-electron chi connectivity index (χ4n) is 2.23. The number of hydrogen-bond acceptors (Lipinski definition) is 5. The van der Waals surface area contributed by atoms with Crippen LogP contribution in [0.1, 0.15) is 17.2 Å². The third kappa shape index (κ3) is 3.78. The van der Waals surface area contributed by atoms with E-state index in [1.54, 1.807) is 12.1 Å². The van der Waals surface area contributed by atoms with E-state index < -0.39 is 43.5 Å². The summed E-state index contributed by atoms with van der Waals surface area (Å²) in [6.45, 7) is 0. The molecular weight excluding hydrogens is 302 g/mol. The van der Waals surface area contributed by atoms with Crippen LogP contribution in [-0.4, -0.2) is 45.8 Å². The highest BCUT2D eigenvalue weighted by Gasteiger charge is 2.33. The minimum absolute atomic E-state index is 0.384. The summed E-state index contributed by atoms with van der Waals surface area (Å²) in [7, 11) is -7.11. The van der Waals surface area contributed by atoms with Gasteiger partial charge in [-0.15, -0.1) is 0 Å². The van der Waals surface area contributed by atoms with Gasteiger partial charge in [-0.3, -0.25) is 0 Å². The number of nitrogens with one attached hydrogen (secondary N) is 1. The third-order valence-electron chi connectivity index (χ3n) is 3.23. The summed E-state index contributed by atoms with van der Waals surface area (Å²) in [6.07, 6.45) is 0.540. The second-order valence-electron chi connectivity index (χ2n) is 5.01. The van der Waals surface area contributed by atoms with E-state index in [1.165, 1.54) is 0 Å². The SMILES string of the molecule is CS(=O)(=O)CCS(=O)(=O)N[C@@H]1c2ccccc2C[C@@H]1O. The van der Waals surface area contributed by atoms with Gasteiger partial charge in [-0.1, -0.05) is 24.3 Å². The summed E-state index contributed by atoms with van der Waals surface area (Å²) in [5.74, 6) is -0.940. The summed E-state index contributed by atoms with van der Waals surface area (Å²) in [5.41, 5.74) is 1.64. The first-order valence-corrected chi connectivity index (χ1v) is 9.83. The number of benzene rings is 1. The molecule has 20 heavy (non-hydrogen) atoms.